The first-order valence-electron chi connectivity index (χ1n) is 4.47. The Kier molecular flexibility index (Phi) is 2.67. The maximum absolute atomic E-state index is 8.92. The zero-order valence-corrected chi connectivity index (χ0v) is 8.33. The van der Waals surface area contributed by atoms with Crippen LogP contribution in [0, 0.1) is 11.3 Å². The molecule has 0 amide bonds. The fourth-order valence-electron chi connectivity index (χ4n) is 1.09. The van der Waals surface area contributed by atoms with Gasteiger partial charge in [-0.25, -0.2) is 0 Å². The van der Waals surface area contributed by atoms with E-state index in [1.807, 2.05) is 26.0 Å². The molecular weight excluding hydrogens is 160 g/mol. The van der Waals surface area contributed by atoms with Crippen molar-refractivity contribution in [2.75, 3.05) is 0 Å². The van der Waals surface area contributed by atoms with Crippen LogP contribution in [0.15, 0.2) is 18.3 Å². The molecule has 1 heterocycles. The summed E-state index contributed by atoms with van der Waals surface area (Å²) in [5.41, 5.74) is 1.60. The van der Waals surface area contributed by atoms with Crippen molar-refractivity contribution >= 4 is 0 Å². The summed E-state index contributed by atoms with van der Waals surface area (Å²) < 4.78 is 0. The Balaban J connectivity index is 3.10. The van der Waals surface area contributed by atoms with Crippen molar-refractivity contribution in [2.24, 2.45) is 0 Å². The molecule has 0 saturated carbocycles. The maximum atomic E-state index is 8.92. The Morgan fingerprint density at radius 3 is 2.77 bits per heavy atom. The van der Waals surface area contributed by atoms with Gasteiger partial charge in [0.1, 0.15) is 0 Å². The first kappa shape index (κ1) is 9.73. The standard InChI is InChI=1S/C11H14N2/c1-4-9-5-6-13-10(7-9)11(2,3)8-12/h5-7H,4H2,1-3H3. The van der Waals surface area contributed by atoms with Crippen LogP contribution in [0.1, 0.15) is 32.0 Å². The van der Waals surface area contributed by atoms with Crippen LogP contribution in [-0.2, 0) is 11.8 Å². The molecule has 2 heteroatoms. The number of nitriles is 1. The minimum absolute atomic E-state index is 0.481. The Hall–Kier alpha value is -1.36. The van der Waals surface area contributed by atoms with E-state index in [0.717, 1.165) is 12.1 Å². The fraction of sp³-hybridized carbons (Fsp3) is 0.455. The van der Waals surface area contributed by atoms with E-state index in [4.69, 9.17) is 5.26 Å². The second-order valence-corrected chi connectivity index (χ2v) is 3.64. The van der Waals surface area contributed by atoms with Crippen LogP contribution in [0.25, 0.3) is 0 Å². The summed E-state index contributed by atoms with van der Waals surface area (Å²) in [6.07, 6.45) is 2.75. The Labute approximate surface area is 79.2 Å². The summed E-state index contributed by atoms with van der Waals surface area (Å²) in [4.78, 5) is 4.21. The van der Waals surface area contributed by atoms with E-state index in [1.165, 1.54) is 5.56 Å². The van der Waals surface area contributed by atoms with Crippen LogP contribution < -0.4 is 0 Å². The van der Waals surface area contributed by atoms with Crippen LogP contribution in [0.4, 0.5) is 0 Å². The smallest absolute Gasteiger partial charge is 0.0937 e. The number of aromatic nitrogens is 1. The number of nitrogens with zero attached hydrogens (tertiary/aromatic N) is 2. The lowest BCUT2D eigenvalue weighted by atomic mass is 9.90. The minimum Gasteiger partial charge on any atom is -0.260 e. The van der Waals surface area contributed by atoms with E-state index >= 15 is 0 Å². The molecule has 0 atom stereocenters. The molecule has 0 aliphatic rings. The largest absolute Gasteiger partial charge is 0.260 e. The molecule has 68 valence electrons. The van der Waals surface area contributed by atoms with Gasteiger partial charge in [0.15, 0.2) is 0 Å². The maximum Gasteiger partial charge on any atom is 0.0937 e. The topological polar surface area (TPSA) is 36.7 Å². The van der Waals surface area contributed by atoms with Gasteiger partial charge >= 0.3 is 0 Å². The highest BCUT2D eigenvalue weighted by Crippen LogP contribution is 2.20. The second-order valence-electron chi connectivity index (χ2n) is 3.64. The number of hydrogen-bond acceptors (Lipinski definition) is 2. The quantitative estimate of drug-likeness (QED) is 0.690. The van der Waals surface area contributed by atoms with Gasteiger partial charge in [-0.1, -0.05) is 6.92 Å². The van der Waals surface area contributed by atoms with Crippen molar-refractivity contribution in [2.45, 2.75) is 32.6 Å². The van der Waals surface area contributed by atoms with Gasteiger partial charge < -0.3 is 0 Å². The molecule has 2 nitrogen and oxygen atoms in total. The van der Waals surface area contributed by atoms with Gasteiger partial charge in [0.05, 0.1) is 17.2 Å². The molecule has 0 unspecified atom stereocenters. The SMILES string of the molecule is CCc1ccnc(C(C)(C)C#N)c1. The van der Waals surface area contributed by atoms with Gasteiger partial charge in [0, 0.05) is 6.20 Å². The molecule has 1 rings (SSSR count). The second kappa shape index (κ2) is 3.57. The van der Waals surface area contributed by atoms with Gasteiger partial charge in [-0.15, -0.1) is 0 Å². The van der Waals surface area contributed by atoms with Crippen LogP contribution in [0.3, 0.4) is 0 Å². The molecule has 0 fully saturated rings. The van der Waals surface area contributed by atoms with E-state index in [9.17, 15) is 0 Å². The van der Waals surface area contributed by atoms with Crippen LogP contribution in [-0.4, -0.2) is 4.98 Å². The highest BCUT2D eigenvalue weighted by atomic mass is 14.7. The first-order valence-corrected chi connectivity index (χ1v) is 4.47. The van der Waals surface area contributed by atoms with Gasteiger partial charge in [-0.3, -0.25) is 4.98 Å². The predicted octanol–water partition coefficient (Wildman–Crippen LogP) is 2.45. The van der Waals surface area contributed by atoms with Gasteiger partial charge in [-0.05, 0) is 38.0 Å². The molecule has 0 aromatic carbocycles. The summed E-state index contributed by atoms with van der Waals surface area (Å²) in [7, 11) is 0. The average Bonchev–Trinajstić information content (AvgIpc) is 2.18. The summed E-state index contributed by atoms with van der Waals surface area (Å²) >= 11 is 0. The molecule has 1 aromatic heterocycles. The molecule has 0 spiro atoms. The van der Waals surface area contributed by atoms with E-state index in [1.54, 1.807) is 6.20 Å². The zero-order valence-electron chi connectivity index (χ0n) is 8.33. The van der Waals surface area contributed by atoms with E-state index in [2.05, 4.69) is 18.0 Å². The Bertz CT molecular complexity index is 334. The normalized spacial score (nSPS) is 10.9. The van der Waals surface area contributed by atoms with Crippen LogP contribution in [0.5, 0.6) is 0 Å². The number of pyridine rings is 1. The van der Waals surface area contributed by atoms with Crippen LogP contribution >= 0.6 is 0 Å². The number of hydrogen-bond donors (Lipinski definition) is 0. The fourth-order valence-corrected chi connectivity index (χ4v) is 1.09. The Morgan fingerprint density at radius 2 is 2.23 bits per heavy atom. The first-order chi connectivity index (χ1) is 6.10. The Morgan fingerprint density at radius 1 is 1.54 bits per heavy atom. The molecule has 0 N–H and O–H groups in total. The molecule has 0 aliphatic carbocycles. The third-order valence-corrected chi connectivity index (χ3v) is 2.15. The third kappa shape index (κ3) is 2.06. The number of aryl methyl sites for hydroxylation is 1. The average molecular weight is 174 g/mol. The molecule has 0 aliphatic heterocycles. The van der Waals surface area contributed by atoms with Gasteiger partial charge in [-0.2, -0.15) is 5.26 Å². The van der Waals surface area contributed by atoms with E-state index < -0.39 is 5.41 Å². The van der Waals surface area contributed by atoms with Crippen molar-refractivity contribution in [1.82, 2.24) is 4.98 Å². The third-order valence-electron chi connectivity index (χ3n) is 2.15. The lowest BCUT2D eigenvalue weighted by Gasteiger charge is -2.14. The summed E-state index contributed by atoms with van der Waals surface area (Å²) in [6, 6.07) is 6.23. The molecule has 1 aromatic rings. The highest BCUT2D eigenvalue weighted by Gasteiger charge is 2.21. The highest BCUT2D eigenvalue weighted by molar-refractivity contribution is 5.27. The summed E-state index contributed by atoms with van der Waals surface area (Å²) in [5.74, 6) is 0. The van der Waals surface area contributed by atoms with Gasteiger partial charge in [0.2, 0.25) is 0 Å². The molecule has 13 heavy (non-hydrogen) atoms. The van der Waals surface area contributed by atoms with E-state index in [0.29, 0.717) is 0 Å². The predicted molar refractivity (Wildman–Crippen MR) is 52.3 cm³/mol. The molecule has 0 saturated heterocycles. The van der Waals surface area contributed by atoms with Gasteiger partial charge in [0.25, 0.3) is 0 Å². The summed E-state index contributed by atoms with van der Waals surface area (Å²) in [6.45, 7) is 5.86. The lowest BCUT2D eigenvalue weighted by molar-refractivity contribution is 0.657. The zero-order chi connectivity index (χ0) is 9.90. The van der Waals surface area contributed by atoms with E-state index in [-0.39, 0.29) is 0 Å². The lowest BCUT2D eigenvalue weighted by Crippen LogP contribution is -2.16. The minimum atomic E-state index is -0.481. The number of rotatable bonds is 2. The van der Waals surface area contributed by atoms with Crippen molar-refractivity contribution < 1.29 is 0 Å². The monoisotopic (exact) mass is 174 g/mol. The molecule has 0 radical (unpaired) electrons. The van der Waals surface area contributed by atoms with Crippen LogP contribution in [0.2, 0.25) is 0 Å². The van der Waals surface area contributed by atoms with Crippen molar-refractivity contribution in [3.8, 4) is 6.07 Å². The van der Waals surface area contributed by atoms with Crippen molar-refractivity contribution in [3.63, 3.8) is 0 Å². The van der Waals surface area contributed by atoms with Crippen molar-refractivity contribution in [3.05, 3.63) is 29.6 Å². The molecular formula is C11H14N2. The molecule has 0 bridgehead atoms. The summed E-state index contributed by atoms with van der Waals surface area (Å²) in [5, 5.41) is 8.92. The van der Waals surface area contributed by atoms with Crippen molar-refractivity contribution in [1.29, 1.82) is 5.26 Å².